The Labute approximate surface area is 173 Å². The maximum Gasteiger partial charge on any atom is 0.0635 e. The molecule has 1 aliphatic rings. The van der Waals surface area contributed by atoms with Gasteiger partial charge in [0, 0.05) is 75.3 Å². The number of nitrogens with one attached hydrogen (secondary N) is 2. The van der Waals surface area contributed by atoms with Crippen molar-refractivity contribution in [3.63, 3.8) is 0 Å². The smallest absolute Gasteiger partial charge is 0.0635 e. The zero-order valence-corrected chi connectivity index (χ0v) is 19.0. The molecule has 2 atom stereocenters. The minimum atomic E-state index is 0.0330. The summed E-state index contributed by atoms with van der Waals surface area (Å²) in [5.41, 5.74) is 0.0660. The number of hydrogen-bond donors (Lipinski definition) is 2. The third-order valence-corrected chi connectivity index (χ3v) is 5.88. The molecule has 0 aliphatic carbocycles. The fraction of sp³-hybridized carbons (Fsp3) is 0.909. The van der Waals surface area contributed by atoms with Crippen molar-refractivity contribution in [3.8, 4) is 12.1 Å². The summed E-state index contributed by atoms with van der Waals surface area (Å²) in [6.07, 6.45) is 3.23. The van der Waals surface area contributed by atoms with E-state index < -0.39 is 0 Å². The molecule has 0 unspecified atom stereocenters. The van der Waals surface area contributed by atoms with Crippen molar-refractivity contribution in [2.75, 3.05) is 39.3 Å². The zero-order chi connectivity index (χ0) is 21.2. The summed E-state index contributed by atoms with van der Waals surface area (Å²) < 4.78 is 0. The molecular formula is C22H42N6. The van der Waals surface area contributed by atoms with E-state index in [2.05, 4.69) is 74.1 Å². The monoisotopic (exact) mass is 390 g/mol. The molecule has 1 saturated heterocycles. The first-order valence-electron chi connectivity index (χ1n) is 10.8. The molecule has 1 rings (SSSR count). The molecule has 0 aromatic carbocycles. The van der Waals surface area contributed by atoms with Gasteiger partial charge in [0.1, 0.15) is 0 Å². The summed E-state index contributed by atoms with van der Waals surface area (Å²) in [6, 6.07) is 5.43. The van der Waals surface area contributed by atoms with Crippen LogP contribution in [-0.2, 0) is 0 Å². The third kappa shape index (κ3) is 9.34. The molecule has 160 valence electrons. The van der Waals surface area contributed by atoms with E-state index in [0.717, 1.165) is 52.1 Å². The number of nitrogens with zero attached hydrogens (tertiary/aromatic N) is 4. The second-order valence-electron chi connectivity index (χ2n) is 9.62. The molecule has 0 aromatic heterocycles. The van der Waals surface area contributed by atoms with Gasteiger partial charge in [-0.3, -0.25) is 9.80 Å². The van der Waals surface area contributed by atoms with Crippen LogP contribution in [0, 0.1) is 22.7 Å². The van der Waals surface area contributed by atoms with Crippen LogP contribution < -0.4 is 10.6 Å². The molecular weight excluding hydrogens is 348 g/mol. The molecule has 1 fully saturated rings. The molecule has 1 heterocycles. The Morgan fingerprint density at radius 1 is 0.786 bits per heavy atom. The average Bonchev–Trinajstić information content (AvgIpc) is 2.58. The van der Waals surface area contributed by atoms with Gasteiger partial charge in [0.2, 0.25) is 0 Å². The molecule has 6 nitrogen and oxygen atoms in total. The summed E-state index contributed by atoms with van der Waals surface area (Å²) in [5.74, 6) is 0. The van der Waals surface area contributed by atoms with Crippen LogP contribution in [0.15, 0.2) is 0 Å². The van der Waals surface area contributed by atoms with E-state index in [1.807, 2.05) is 0 Å². The molecule has 0 radical (unpaired) electrons. The first-order valence-corrected chi connectivity index (χ1v) is 10.8. The van der Waals surface area contributed by atoms with Gasteiger partial charge in [-0.25, -0.2) is 0 Å². The highest BCUT2D eigenvalue weighted by molar-refractivity contribution is 4.89. The largest absolute Gasteiger partial charge is 0.310 e. The second kappa shape index (κ2) is 11.7. The molecule has 0 amide bonds. The van der Waals surface area contributed by atoms with Crippen LogP contribution in [0.4, 0.5) is 0 Å². The van der Waals surface area contributed by atoms with E-state index in [4.69, 9.17) is 10.5 Å². The van der Waals surface area contributed by atoms with E-state index in [1.165, 1.54) is 0 Å². The van der Waals surface area contributed by atoms with E-state index in [9.17, 15) is 0 Å². The predicted octanol–water partition coefficient (Wildman–Crippen LogP) is 2.72. The minimum absolute atomic E-state index is 0.0330. The second-order valence-corrected chi connectivity index (χ2v) is 9.62. The molecule has 0 aromatic rings. The van der Waals surface area contributed by atoms with Crippen molar-refractivity contribution in [1.82, 2.24) is 20.4 Å². The summed E-state index contributed by atoms with van der Waals surface area (Å²) >= 11 is 0. The summed E-state index contributed by atoms with van der Waals surface area (Å²) in [4.78, 5) is 4.90. The summed E-state index contributed by atoms with van der Waals surface area (Å²) in [5, 5.41) is 25.5. The Bertz CT molecular complexity index is 482. The topological polar surface area (TPSA) is 78.1 Å². The summed E-state index contributed by atoms with van der Waals surface area (Å²) in [6.45, 7) is 19.0. The predicted molar refractivity (Wildman–Crippen MR) is 116 cm³/mol. The van der Waals surface area contributed by atoms with Crippen molar-refractivity contribution in [1.29, 1.82) is 10.5 Å². The van der Waals surface area contributed by atoms with Crippen molar-refractivity contribution in [3.05, 3.63) is 0 Å². The Morgan fingerprint density at radius 2 is 1.14 bits per heavy atom. The van der Waals surface area contributed by atoms with Crippen LogP contribution in [0.2, 0.25) is 0 Å². The Balaban J connectivity index is 2.92. The molecule has 0 bridgehead atoms. The van der Waals surface area contributed by atoms with Gasteiger partial charge in [-0.15, -0.1) is 0 Å². The average molecular weight is 391 g/mol. The Kier molecular flexibility index (Phi) is 10.4. The van der Waals surface area contributed by atoms with Crippen molar-refractivity contribution < 1.29 is 0 Å². The molecule has 0 spiro atoms. The first kappa shape index (κ1) is 24.9. The van der Waals surface area contributed by atoms with Crippen molar-refractivity contribution in [2.45, 2.75) is 90.4 Å². The van der Waals surface area contributed by atoms with Crippen molar-refractivity contribution >= 4 is 0 Å². The fourth-order valence-electron chi connectivity index (χ4n) is 4.45. The van der Waals surface area contributed by atoms with E-state index in [-0.39, 0.29) is 11.1 Å². The molecule has 1 aliphatic heterocycles. The van der Waals surface area contributed by atoms with Gasteiger partial charge in [-0.05, 0) is 54.4 Å². The van der Waals surface area contributed by atoms with Gasteiger partial charge >= 0.3 is 0 Å². The van der Waals surface area contributed by atoms with E-state index in [1.54, 1.807) is 0 Å². The van der Waals surface area contributed by atoms with E-state index >= 15 is 0 Å². The third-order valence-electron chi connectivity index (χ3n) is 5.88. The molecule has 0 saturated carbocycles. The van der Waals surface area contributed by atoms with Crippen molar-refractivity contribution in [2.24, 2.45) is 0 Å². The zero-order valence-electron chi connectivity index (χ0n) is 19.0. The fourth-order valence-corrected chi connectivity index (χ4v) is 4.45. The maximum absolute atomic E-state index is 9.03. The lowest BCUT2D eigenvalue weighted by molar-refractivity contribution is 0.135. The van der Waals surface area contributed by atoms with Crippen LogP contribution in [0.5, 0.6) is 0 Å². The quantitative estimate of drug-likeness (QED) is 0.768. The standard InChI is InChI=1S/C22H42N6/c1-19-17-21(3,4)25-12-16-28(14-8-10-24)20(2)18-22(5,6)26-11-15-27(19)13-7-9-23/h19-20,25-26H,7-8,11-18H2,1-6H3/t19-,20+. The number of rotatable bonds is 4. The van der Waals surface area contributed by atoms with Gasteiger partial charge in [0.05, 0.1) is 12.1 Å². The number of hydrogen-bond acceptors (Lipinski definition) is 6. The van der Waals surface area contributed by atoms with E-state index in [0.29, 0.717) is 24.9 Å². The van der Waals surface area contributed by atoms with Gasteiger partial charge < -0.3 is 10.6 Å². The lowest BCUT2D eigenvalue weighted by Gasteiger charge is -2.40. The van der Waals surface area contributed by atoms with Crippen LogP contribution in [0.3, 0.4) is 0 Å². The number of nitriles is 2. The highest BCUT2D eigenvalue weighted by Crippen LogP contribution is 2.19. The lowest BCUT2D eigenvalue weighted by atomic mass is 9.93. The van der Waals surface area contributed by atoms with Crippen LogP contribution in [0.25, 0.3) is 0 Å². The van der Waals surface area contributed by atoms with Crippen LogP contribution >= 0.6 is 0 Å². The van der Waals surface area contributed by atoms with Gasteiger partial charge in [0.15, 0.2) is 0 Å². The molecule has 28 heavy (non-hydrogen) atoms. The maximum atomic E-state index is 9.03. The highest BCUT2D eigenvalue weighted by atomic mass is 15.2. The van der Waals surface area contributed by atoms with Crippen LogP contribution in [0.1, 0.15) is 67.2 Å². The Morgan fingerprint density at radius 3 is 1.46 bits per heavy atom. The van der Waals surface area contributed by atoms with Crippen LogP contribution in [-0.4, -0.2) is 72.2 Å². The normalized spacial score (nSPS) is 28.0. The molecule has 2 N–H and O–H groups in total. The molecule has 6 heteroatoms. The van der Waals surface area contributed by atoms with Gasteiger partial charge in [0.25, 0.3) is 0 Å². The van der Waals surface area contributed by atoms with Gasteiger partial charge in [-0.1, -0.05) is 0 Å². The minimum Gasteiger partial charge on any atom is -0.310 e. The lowest BCUT2D eigenvalue weighted by Crippen LogP contribution is -2.53. The first-order chi connectivity index (χ1) is 13.1. The highest BCUT2D eigenvalue weighted by Gasteiger charge is 2.28. The summed E-state index contributed by atoms with van der Waals surface area (Å²) in [7, 11) is 0. The SMILES string of the molecule is C[C@@H]1CC(C)(C)NCCN(CCC#N)[C@@H](C)CC(C)(C)NCCN1CCC#N. The Hall–Kier alpha value is -1.18. The van der Waals surface area contributed by atoms with Gasteiger partial charge in [-0.2, -0.15) is 10.5 Å².